The lowest BCUT2D eigenvalue weighted by Gasteiger charge is -2.01. The molecule has 0 atom stereocenters. The van der Waals surface area contributed by atoms with Crippen LogP contribution in [0.2, 0.25) is 5.02 Å². The van der Waals surface area contributed by atoms with E-state index in [-0.39, 0.29) is 11.7 Å². The van der Waals surface area contributed by atoms with Crippen LogP contribution in [0.3, 0.4) is 0 Å². The van der Waals surface area contributed by atoms with E-state index in [4.69, 9.17) is 11.6 Å². The summed E-state index contributed by atoms with van der Waals surface area (Å²) in [6.07, 6.45) is 3.34. The van der Waals surface area contributed by atoms with E-state index in [1.807, 2.05) is 18.4 Å². The lowest BCUT2D eigenvalue weighted by molar-refractivity contribution is -0.110. The third kappa shape index (κ3) is 2.67. The highest BCUT2D eigenvalue weighted by molar-refractivity contribution is 7.98. The van der Waals surface area contributed by atoms with E-state index in [0.717, 1.165) is 4.90 Å². The Hall–Kier alpha value is -2.04. The number of rotatable bonds is 3. The molecule has 1 heterocycles. The molecule has 0 spiro atoms. The number of thioether (sulfide) groups is 1. The topological polar surface area (TPSA) is 46.2 Å². The lowest BCUT2D eigenvalue weighted by Crippen LogP contribution is -2.06. The largest absolute Gasteiger partial charge is 0.320 e. The number of ketones is 1. The van der Waals surface area contributed by atoms with Crippen molar-refractivity contribution < 1.29 is 9.59 Å². The summed E-state index contributed by atoms with van der Waals surface area (Å²) in [6, 6.07) is 12.5. The summed E-state index contributed by atoms with van der Waals surface area (Å²) in [7, 11) is 0. The van der Waals surface area contributed by atoms with Gasteiger partial charge in [0.15, 0.2) is 5.78 Å². The Balaban J connectivity index is 1.96. The van der Waals surface area contributed by atoms with Crippen LogP contribution in [0.25, 0.3) is 5.57 Å². The molecule has 0 unspecified atom stereocenters. The second-order valence-corrected chi connectivity index (χ2v) is 6.05. The minimum Gasteiger partial charge on any atom is -0.320 e. The van der Waals surface area contributed by atoms with Crippen LogP contribution in [0.4, 0.5) is 5.69 Å². The average Bonchev–Trinajstić information content (AvgIpc) is 2.85. The molecule has 3 nitrogen and oxygen atoms in total. The van der Waals surface area contributed by atoms with Crippen molar-refractivity contribution in [3.05, 3.63) is 64.7 Å². The maximum absolute atomic E-state index is 12.3. The summed E-state index contributed by atoms with van der Waals surface area (Å²) in [6.45, 7) is 0. The van der Waals surface area contributed by atoms with Gasteiger partial charge in [0.1, 0.15) is 0 Å². The normalized spacial score (nSPS) is 14.8. The number of hydrogen-bond acceptors (Lipinski definition) is 3. The fourth-order valence-corrected chi connectivity index (χ4v) is 2.92. The molecule has 0 saturated heterocycles. The van der Waals surface area contributed by atoms with Crippen molar-refractivity contribution in [2.75, 3.05) is 11.6 Å². The van der Waals surface area contributed by atoms with Gasteiger partial charge >= 0.3 is 0 Å². The van der Waals surface area contributed by atoms with Crippen LogP contribution < -0.4 is 5.32 Å². The van der Waals surface area contributed by atoms with Crippen molar-refractivity contribution in [3.8, 4) is 0 Å². The van der Waals surface area contributed by atoms with Crippen LogP contribution in [0.15, 0.2) is 53.4 Å². The number of nitrogens with one attached hydrogen (secondary N) is 1. The molecule has 0 saturated carbocycles. The van der Waals surface area contributed by atoms with Crippen molar-refractivity contribution in [3.63, 3.8) is 0 Å². The zero-order chi connectivity index (χ0) is 15.7. The van der Waals surface area contributed by atoms with Crippen molar-refractivity contribution >= 4 is 46.3 Å². The Bertz CT molecular complexity index is 797. The molecule has 22 heavy (non-hydrogen) atoms. The summed E-state index contributed by atoms with van der Waals surface area (Å²) < 4.78 is 0. The summed E-state index contributed by atoms with van der Waals surface area (Å²) in [5.41, 5.74) is 2.11. The second kappa shape index (κ2) is 5.99. The van der Waals surface area contributed by atoms with E-state index in [9.17, 15) is 9.59 Å². The third-order valence-electron chi connectivity index (χ3n) is 3.44. The molecular weight excluding hydrogens is 318 g/mol. The molecule has 0 radical (unpaired) electrons. The van der Waals surface area contributed by atoms with Gasteiger partial charge < -0.3 is 5.32 Å². The molecule has 2 aromatic rings. The van der Waals surface area contributed by atoms with E-state index in [1.54, 1.807) is 42.1 Å². The van der Waals surface area contributed by atoms with Crippen LogP contribution in [0.5, 0.6) is 0 Å². The first-order valence-corrected chi connectivity index (χ1v) is 8.21. The number of benzene rings is 2. The van der Waals surface area contributed by atoms with Gasteiger partial charge in [0.25, 0.3) is 5.91 Å². The van der Waals surface area contributed by atoms with E-state index < -0.39 is 0 Å². The fourth-order valence-electron chi connectivity index (χ4n) is 2.29. The van der Waals surface area contributed by atoms with Gasteiger partial charge in [0.05, 0.1) is 16.3 Å². The quantitative estimate of drug-likeness (QED) is 0.519. The maximum atomic E-state index is 12.3. The Morgan fingerprint density at radius 2 is 1.91 bits per heavy atom. The van der Waals surface area contributed by atoms with Gasteiger partial charge in [0.2, 0.25) is 0 Å². The van der Waals surface area contributed by atoms with Crippen LogP contribution in [0, 0.1) is 0 Å². The van der Waals surface area contributed by atoms with E-state index in [1.165, 1.54) is 6.08 Å². The number of para-hydroxylation sites is 1. The number of hydrogen-bond donors (Lipinski definition) is 1. The first-order valence-electron chi connectivity index (χ1n) is 6.60. The summed E-state index contributed by atoms with van der Waals surface area (Å²) in [5.74, 6) is -0.511. The third-order valence-corrected chi connectivity index (χ3v) is 4.50. The predicted molar refractivity (Wildman–Crippen MR) is 90.6 cm³/mol. The highest BCUT2D eigenvalue weighted by atomic mass is 35.5. The highest BCUT2D eigenvalue weighted by Gasteiger charge is 2.26. The van der Waals surface area contributed by atoms with Gasteiger partial charge in [-0.05, 0) is 42.7 Å². The Morgan fingerprint density at radius 3 is 2.59 bits per heavy atom. The second-order valence-electron chi connectivity index (χ2n) is 4.77. The smallest absolute Gasteiger partial charge is 0.256 e. The van der Waals surface area contributed by atoms with Gasteiger partial charge in [-0.25, -0.2) is 0 Å². The first-order chi connectivity index (χ1) is 10.6. The molecule has 3 rings (SSSR count). The number of amides is 1. The molecular formula is C17H12ClNO2S. The molecule has 0 aromatic heterocycles. The highest BCUT2D eigenvalue weighted by Crippen LogP contribution is 2.37. The van der Waals surface area contributed by atoms with Crippen molar-refractivity contribution in [2.24, 2.45) is 0 Å². The zero-order valence-electron chi connectivity index (χ0n) is 11.7. The van der Waals surface area contributed by atoms with Gasteiger partial charge in [-0.2, -0.15) is 0 Å². The first kappa shape index (κ1) is 14.9. The summed E-state index contributed by atoms with van der Waals surface area (Å²) in [4.78, 5) is 25.5. The molecule has 0 fully saturated rings. The minimum atomic E-state index is -0.308. The lowest BCUT2D eigenvalue weighted by atomic mass is 10.0. The standard InChI is InChI=1S/C17H12ClNO2S/c1-22-11-7-5-10(6-8-11)15(20)9-13-12-3-2-4-14(18)16(12)19-17(13)21/h2-9H,1H3,(H,19,21). The van der Waals surface area contributed by atoms with Crippen molar-refractivity contribution in [1.29, 1.82) is 0 Å². The van der Waals surface area contributed by atoms with Crippen LogP contribution >= 0.6 is 23.4 Å². The number of carbonyl (C=O) groups excluding carboxylic acids is 2. The van der Waals surface area contributed by atoms with Crippen molar-refractivity contribution in [1.82, 2.24) is 0 Å². The molecule has 1 N–H and O–H groups in total. The number of allylic oxidation sites excluding steroid dienone is 1. The molecule has 2 aromatic carbocycles. The van der Waals surface area contributed by atoms with Crippen LogP contribution in [0.1, 0.15) is 15.9 Å². The summed E-state index contributed by atoms with van der Waals surface area (Å²) >= 11 is 7.67. The molecule has 110 valence electrons. The molecule has 1 aliphatic rings. The molecule has 1 aliphatic heterocycles. The minimum absolute atomic E-state index is 0.203. The van der Waals surface area contributed by atoms with Crippen LogP contribution in [-0.2, 0) is 4.79 Å². The Morgan fingerprint density at radius 1 is 1.18 bits per heavy atom. The van der Waals surface area contributed by atoms with E-state index in [0.29, 0.717) is 27.4 Å². The number of carbonyl (C=O) groups is 2. The number of fused-ring (bicyclic) bond motifs is 1. The Kier molecular flexibility index (Phi) is 4.05. The number of anilines is 1. The molecule has 0 aliphatic carbocycles. The average molecular weight is 330 g/mol. The maximum Gasteiger partial charge on any atom is 0.256 e. The van der Waals surface area contributed by atoms with E-state index >= 15 is 0 Å². The fraction of sp³-hybridized carbons (Fsp3) is 0.0588. The van der Waals surface area contributed by atoms with Gasteiger partial charge in [-0.15, -0.1) is 11.8 Å². The van der Waals surface area contributed by atoms with Crippen LogP contribution in [-0.4, -0.2) is 17.9 Å². The molecule has 5 heteroatoms. The van der Waals surface area contributed by atoms with Gasteiger partial charge in [-0.3, -0.25) is 9.59 Å². The molecule has 0 bridgehead atoms. The van der Waals surface area contributed by atoms with E-state index in [2.05, 4.69) is 5.32 Å². The number of halogens is 1. The predicted octanol–water partition coefficient (Wildman–Crippen LogP) is 4.28. The monoisotopic (exact) mass is 329 g/mol. The SMILES string of the molecule is CSc1ccc(C(=O)C=C2C(=O)Nc3c(Cl)cccc32)cc1. The summed E-state index contributed by atoms with van der Waals surface area (Å²) in [5, 5.41) is 3.16. The zero-order valence-corrected chi connectivity index (χ0v) is 13.3. The van der Waals surface area contributed by atoms with Gasteiger partial charge in [0, 0.05) is 16.0 Å². The van der Waals surface area contributed by atoms with Crippen molar-refractivity contribution in [2.45, 2.75) is 4.90 Å². The van der Waals surface area contributed by atoms with Gasteiger partial charge in [-0.1, -0.05) is 23.7 Å². The Labute approximate surface area is 137 Å². The molecule has 1 amide bonds.